The molecule has 0 saturated carbocycles. The van der Waals surface area contributed by atoms with Crippen LogP contribution in [0.3, 0.4) is 0 Å². The van der Waals surface area contributed by atoms with Crippen molar-refractivity contribution in [1.82, 2.24) is 9.88 Å². The molecule has 120 valence electrons. The van der Waals surface area contributed by atoms with Gasteiger partial charge in [0.25, 0.3) is 5.24 Å². The van der Waals surface area contributed by atoms with Gasteiger partial charge >= 0.3 is 0 Å². The van der Waals surface area contributed by atoms with Crippen molar-refractivity contribution in [2.45, 2.75) is 6.42 Å². The van der Waals surface area contributed by atoms with Gasteiger partial charge in [-0.15, -0.1) is 11.3 Å². The fraction of sp³-hybridized carbons (Fsp3) is 0.267. The number of anilines is 1. The van der Waals surface area contributed by atoms with Crippen molar-refractivity contribution in [1.29, 1.82) is 0 Å². The van der Waals surface area contributed by atoms with Gasteiger partial charge < -0.3 is 10.2 Å². The average Bonchev–Trinajstić information content (AvgIpc) is 3.15. The van der Waals surface area contributed by atoms with E-state index in [0.717, 1.165) is 23.6 Å². The number of hydrogen-bond acceptors (Lipinski definition) is 5. The Hall–Kier alpha value is -1.57. The molecule has 2 amide bonds. The zero-order valence-corrected chi connectivity index (χ0v) is 14.5. The Balaban J connectivity index is 1.55. The maximum atomic E-state index is 12.0. The molecule has 0 aliphatic carbocycles. The molecular weight excluding hydrogens is 354 g/mol. The number of thioether (sulfide) groups is 1. The highest BCUT2D eigenvalue weighted by molar-refractivity contribution is 8.13. The smallest absolute Gasteiger partial charge is 0.281 e. The van der Waals surface area contributed by atoms with Crippen LogP contribution in [0.5, 0.6) is 0 Å². The van der Waals surface area contributed by atoms with Crippen LogP contribution < -0.4 is 5.32 Å². The maximum absolute atomic E-state index is 12.0. The molecule has 2 heterocycles. The second-order valence-electron chi connectivity index (χ2n) is 4.94. The predicted octanol–water partition coefficient (Wildman–Crippen LogP) is 3.96. The zero-order chi connectivity index (χ0) is 16.2. The Kier molecular flexibility index (Phi) is 5.20. The Morgan fingerprint density at radius 2 is 2.13 bits per heavy atom. The van der Waals surface area contributed by atoms with Crippen molar-refractivity contribution >= 4 is 51.0 Å². The SMILES string of the molecule is O=C(CCN1CCSC1=O)Nc1nc(-c2ccc(Cl)cc2)cs1. The highest BCUT2D eigenvalue weighted by Crippen LogP contribution is 2.26. The van der Waals surface area contributed by atoms with Gasteiger partial charge in [-0.05, 0) is 12.1 Å². The number of rotatable bonds is 5. The van der Waals surface area contributed by atoms with Crippen molar-refractivity contribution in [2.75, 3.05) is 24.2 Å². The lowest BCUT2D eigenvalue weighted by molar-refractivity contribution is -0.116. The van der Waals surface area contributed by atoms with E-state index in [1.165, 1.54) is 23.1 Å². The molecular formula is C15H14ClN3O2S2. The molecule has 2 aromatic rings. The first kappa shape index (κ1) is 16.3. The second-order valence-corrected chi connectivity index (χ2v) is 7.29. The summed E-state index contributed by atoms with van der Waals surface area (Å²) in [5.74, 6) is 0.670. The predicted molar refractivity (Wildman–Crippen MR) is 95.2 cm³/mol. The maximum Gasteiger partial charge on any atom is 0.281 e. The van der Waals surface area contributed by atoms with E-state index in [1.807, 2.05) is 17.5 Å². The van der Waals surface area contributed by atoms with E-state index in [4.69, 9.17) is 11.6 Å². The monoisotopic (exact) mass is 367 g/mol. The van der Waals surface area contributed by atoms with Crippen LogP contribution in [0.15, 0.2) is 29.6 Å². The fourth-order valence-corrected chi connectivity index (χ4v) is 3.84. The van der Waals surface area contributed by atoms with Gasteiger partial charge in [0.1, 0.15) is 0 Å². The summed E-state index contributed by atoms with van der Waals surface area (Å²) in [4.78, 5) is 29.5. The fourth-order valence-electron chi connectivity index (χ4n) is 2.13. The van der Waals surface area contributed by atoms with Crippen LogP contribution in [0, 0.1) is 0 Å². The van der Waals surface area contributed by atoms with Crippen LogP contribution in [0.2, 0.25) is 5.02 Å². The van der Waals surface area contributed by atoms with E-state index in [-0.39, 0.29) is 17.6 Å². The lowest BCUT2D eigenvalue weighted by Gasteiger charge is -2.13. The number of amides is 2. The Morgan fingerprint density at radius 3 is 2.83 bits per heavy atom. The summed E-state index contributed by atoms with van der Waals surface area (Å²) >= 11 is 8.54. The average molecular weight is 368 g/mol. The van der Waals surface area contributed by atoms with Gasteiger partial charge in [0.15, 0.2) is 5.13 Å². The van der Waals surface area contributed by atoms with Crippen LogP contribution in [0.1, 0.15) is 6.42 Å². The molecule has 1 aliphatic rings. The van der Waals surface area contributed by atoms with Crippen molar-refractivity contribution in [3.63, 3.8) is 0 Å². The number of aromatic nitrogens is 1. The molecule has 1 aliphatic heterocycles. The van der Waals surface area contributed by atoms with E-state index in [0.29, 0.717) is 16.7 Å². The minimum absolute atomic E-state index is 0.0528. The van der Waals surface area contributed by atoms with E-state index in [1.54, 1.807) is 17.0 Å². The molecule has 3 rings (SSSR count). The molecule has 0 atom stereocenters. The summed E-state index contributed by atoms with van der Waals surface area (Å²) in [5.41, 5.74) is 1.75. The number of nitrogens with one attached hydrogen (secondary N) is 1. The standard InChI is InChI=1S/C15H14ClN3O2S2/c16-11-3-1-10(2-4-11)12-9-23-14(17-12)18-13(20)5-6-19-7-8-22-15(19)21/h1-4,9H,5-8H2,(H,17,18,20). The minimum atomic E-state index is -0.133. The minimum Gasteiger partial charge on any atom is -0.332 e. The van der Waals surface area contributed by atoms with E-state index in [9.17, 15) is 9.59 Å². The molecule has 1 aromatic carbocycles. The number of halogens is 1. The summed E-state index contributed by atoms with van der Waals surface area (Å²) in [5, 5.41) is 5.95. The van der Waals surface area contributed by atoms with Crippen molar-refractivity contribution in [2.24, 2.45) is 0 Å². The van der Waals surface area contributed by atoms with Crippen molar-refractivity contribution in [3.8, 4) is 11.3 Å². The third kappa shape index (κ3) is 4.25. The molecule has 23 heavy (non-hydrogen) atoms. The van der Waals surface area contributed by atoms with Crippen molar-refractivity contribution in [3.05, 3.63) is 34.7 Å². The number of hydrogen-bond donors (Lipinski definition) is 1. The summed E-state index contributed by atoms with van der Waals surface area (Å²) in [6, 6.07) is 7.39. The van der Waals surface area contributed by atoms with Gasteiger partial charge in [0.05, 0.1) is 5.69 Å². The highest BCUT2D eigenvalue weighted by Gasteiger charge is 2.21. The summed E-state index contributed by atoms with van der Waals surface area (Å²) < 4.78 is 0. The molecule has 1 saturated heterocycles. The first-order valence-electron chi connectivity index (χ1n) is 7.05. The zero-order valence-electron chi connectivity index (χ0n) is 12.1. The molecule has 0 spiro atoms. The van der Waals surface area contributed by atoms with Crippen LogP contribution in [-0.2, 0) is 4.79 Å². The number of benzene rings is 1. The molecule has 0 unspecified atom stereocenters. The number of carbonyl (C=O) groups is 2. The normalized spacial score (nSPS) is 14.3. The molecule has 1 N–H and O–H groups in total. The third-order valence-electron chi connectivity index (χ3n) is 3.34. The van der Waals surface area contributed by atoms with E-state index >= 15 is 0 Å². The van der Waals surface area contributed by atoms with Gasteiger partial charge in [0, 0.05) is 41.2 Å². The quantitative estimate of drug-likeness (QED) is 0.868. The van der Waals surface area contributed by atoms with Crippen LogP contribution in [-0.4, -0.2) is 39.9 Å². The Bertz CT molecular complexity index is 718. The first-order chi connectivity index (χ1) is 11.1. The van der Waals surface area contributed by atoms with E-state index in [2.05, 4.69) is 10.3 Å². The second kappa shape index (κ2) is 7.33. The van der Waals surface area contributed by atoms with Gasteiger partial charge in [-0.1, -0.05) is 35.5 Å². The number of carbonyl (C=O) groups excluding carboxylic acids is 2. The topological polar surface area (TPSA) is 62.3 Å². The first-order valence-corrected chi connectivity index (χ1v) is 9.29. The van der Waals surface area contributed by atoms with Crippen molar-refractivity contribution < 1.29 is 9.59 Å². The lowest BCUT2D eigenvalue weighted by Crippen LogP contribution is -2.27. The molecule has 1 aromatic heterocycles. The van der Waals surface area contributed by atoms with Crippen LogP contribution >= 0.6 is 34.7 Å². The number of nitrogens with zero attached hydrogens (tertiary/aromatic N) is 2. The lowest BCUT2D eigenvalue weighted by atomic mass is 10.2. The molecule has 0 radical (unpaired) electrons. The van der Waals surface area contributed by atoms with Gasteiger partial charge in [-0.3, -0.25) is 9.59 Å². The Morgan fingerprint density at radius 1 is 1.35 bits per heavy atom. The Labute approximate surface area is 147 Å². The van der Waals surface area contributed by atoms with Crippen LogP contribution in [0.4, 0.5) is 9.93 Å². The summed E-state index contributed by atoms with van der Waals surface area (Å²) in [6.45, 7) is 1.17. The largest absolute Gasteiger partial charge is 0.332 e. The van der Waals surface area contributed by atoms with E-state index < -0.39 is 0 Å². The third-order valence-corrected chi connectivity index (χ3v) is 5.25. The molecule has 8 heteroatoms. The van der Waals surface area contributed by atoms with Crippen LogP contribution in [0.25, 0.3) is 11.3 Å². The molecule has 0 bridgehead atoms. The van der Waals surface area contributed by atoms with Gasteiger partial charge in [0.2, 0.25) is 5.91 Å². The van der Waals surface area contributed by atoms with Gasteiger partial charge in [-0.2, -0.15) is 0 Å². The molecule has 1 fully saturated rings. The summed E-state index contributed by atoms with van der Waals surface area (Å²) in [6.07, 6.45) is 0.280. The molecule has 5 nitrogen and oxygen atoms in total. The highest BCUT2D eigenvalue weighted by atomic mass is 35.5. The number of thiazole rings is 1. The summed E-state index contributed by atoms with van der Waals surface area (Å²) in [7, 11) is 0. The van der Waals surface area contributed by atoms with Gasteiger partial charge in [-0.25, -0.2) is 4.98 Å².